The van der Waals surface area contributed by atoms with Crippen LogP contribution in [0.3, 0.4) is 0 Å². The molecule has 70 valence electrons. The van der Waals surface area contributed by atoms with Crippen molar-refractivity contribution in [1.29, 1.82) is 0 Å². The average molecular weight is 201 g/mol. The van der Waals surface area contributed by atoms with E-state index in [9.17, 15) is 4.39 Å². The Labute approximate surface area is 80.7 Å². The molecule has 0 spiro atoms. The predicted molar refractivity (Wildman–Crippen MR) is 51.1 cm³/mol. The maximum Gasteiger partial charge on any atom is 0.164 e. The third kappa shape index (κ3) is 1.19. The Morgan fingerprint density at radius 3 is 2.92 bits per heavy atom. The maximum atomic E-state index is 13.2. The molecule has 1 aliphatic rings. The van der Waals surface area contributed by atoms with Crippen molar-refractivity contribution in [3.05, 3.63) is 28.0 Å². The number of nitrogens with two attached hydrogens (primary N) is 2. The number of halogens is 2. The smallest absolute Gasteiger partial charge is 0.164 e. The van der Waals surface area contributed by atoms with Crippen molar-refractivity contribution in [1.82, 2.24) is 0 Å². The standard InChI is InChI=1S/C9H10ClFN2/c10-8-4-1-2-6(12)5(4)3-7(13)9(8)11/h3,6H,1-2,12-13H2/t6-/m1/s1. The second-order valence-corrected chi connectivity index (χ2v) is 3.68. The van der Waals surface area contributed by atoms with Crippen molar-refractivity contribution >= 4 is 17.3 Å². The molecule has 2 rings (SSSR count). The summed E-state index contributed by atoms with van der Waals surface area (Å²) in [5, 5.41) is 0.142. The Kier molecular flexibility index (Phi) is 1.93. The zero-order valence-electron chi connectivity index (χ0n) is 6.98. The van der Waals surface area contributed by atoms with Crippen LogP contribution in [-0.2, 0) is 6.42 Å². The summed E-state index contributed by atoms with van der Waals surface area (Å²) in [4.78, 5) is 0. The van der Waals surface area contributed by atoms with Crippen molar-refractivity contribution in [2.24, 2.45) is 5.73 Å². The topological polar surface area (TPSA) is 52.0 Å². The van der Waals surface area contributed by atoms with Crippen LogP contribution < -0.4 is 11.5 Å². The van der Waals surface area contributed by atoms with Crippen molar-refractivity contribution in [3.63, 3.8) is 0 Å². The summed E-state index contributed by atoms with van der Waals surface area (Å²) in [6, 6.07) is 1.55. The highest BCUT2D eigenvalue weighted by Crippen LogP contribution is 2.37. The first kappa shape index (κ1) is 8.78. The fraction of sp³-hybridized carbons (Fsp3) is 0.333. The van der Waals surface area contributed by atoms with Gasteiger partial charge < -0.3 is 11.5 Å². The number of rotatable bonds is 0. The fourth-order valence-electron chi connectivity index (χ4n) is 1.74. The lowest BCUT2D eigenvalue weighted by Gasteiger charge is -2.08. The SMILES string of the molecule is Nc1cc2c(c(Cl)c1F)CC[C@H]2N. The lowest BCUT2D eigenvalue weighted by Crippen LogP contribution is -2.06. The van der Waals surface area contributed by atoms with Gasteiger partial charge in [-0.05, 0) is 30.0 Å². The third-order valence-corrected chi connectivity index (χ3v) is 2.87. The Balaban J connectivity index is 2.67. The van der Waals surface area contributed by atoms with Crippen LogP contribution in [0.15, 0.2) is 6.07 Å². The van der Waals surface area contributed by atoms with Crippen LogP contribution in [0.25, 0.3) is 0 Å². The molecule has 0 fully saturated rings. The van der Waals surface area contributed by atoms with E-state index in [1.54, 1.807) is 6.07 Å². The van der Waals surface area contributed by atoms with Gasteiger partial charge in [0.1, 0.15) is 0 Å². The minimum absolute atomic E-state index is 0.0459. The van der Waals surface area contributed by atoms with Gasteiger partial charge in [-0.15, -0.1) is 0 Å². The molecule has 0 aromatic heterocycles. The largest absolute Gasteiger partial charge is 0.396 e. The number of hydrogen-bond donors (Lipinski definition) is 2. The van der Waals surface area contributed by atoms with E-state index in [4.69, 9.17) is 23.1 Å². The molecular formula is C9H10ClFN2. The molecule has 0 amide bonds. The van der Waals surface area contributed by atoms with Crippen LogP contribution in [-0.4, -0.2) is 0 Å². The third-order valence-electron chi connectivity index (χ3n) is 2.48. The van der Waals surface area contributed by atoms with E-state index in [0.717, 1.165) is 24.0 Å². The van der Waals surface area contributed by atoms with E-state index < -0.39 is 5.82 Å². The molecule has 2 nitrogen and oxygen atoms in total. The van der Waals surface area contributed by atoms with Crippen molar-refractivity contribution in [3.8, 4) is 0 Å². The summed E-state index contributed by atoms with van der Waals surface area (Å²) < 4.78 is 13.2. The number of benzene rings is 1. The second kappa shape index (κ2) is 2.86. The first-order chi connectivity index (χ1) is 6.11. The number of hydrogen-bond acceptors (Lipinski definition) is 2. The lowest BCUT2D eigenvalue weighted by molar-refractivity contribution is 0.631. The van der Waals surface area contributed by atoms with Crippen LogP contribution in [0.4, 0.5) is 10.1 Å². The van der Waals surface area contributed by atoms with Gasteiger partial charge in [0.25, 0.3) is 0 Å². The summed E-state index contributed by atoms with van der Waals surface area (Å²) in [6.45, 7) is 0. The molecule has 4 heteroatoms. The quantitative estimate of drug-likeness (QED) is 0.630. The molecule has 1 aliphatic carbocycles. The number of fused-ring (bicyclic) bond motifs is 1. The lowest BCUT2D eigenvalue weighted by atomic mass is 10.1. The van der Waals surface area contributed by atoms with Gasteiger partial charge in [-0.25, -0.2) is 4.39 Å². The van der Waals surface area contributed by atoms with Crippen molar-refractivity contribution in [2.75, 3.05) is 5.73 Å². The molecule has 0 aliphatic heterocycles. The summed E-state index contributed by atoms with van der Waals surface area (Å²) >= 11 is 5.80. The van der Waals surface area contributed by atoms with E-state index in [1.165, 1.54) is 0 Å². The molecule has 1 aromatic carbocycles. The molecule has 0 radical (unpaired) electrons. The number of anilines is 1. The van der Waals surface area contributed by atoms with Gasteiger partial charge in [0, 0.05) is 6.04 Å². The minimum Gasteiger partial charge on any atom is -0.396 e. The first-order valence-electron chi connectivity index (χ1n) is 4.13. The van der Waals surface area contributed by atoms with Gasteiger partial charge in [-0.2, -0.15) is 0 Å². The first-order valence-corrected chi connectivity index (χ1v) is 4.51. The van der Waals surface area contributed by atoms with Crippen molar-refractivity contribution < 1.29 is 4.39 Å². The van der Waals surface area contributed by atoms with Gasteiger partial charge >= 0.3 is 0 Å². The van der Waals surface area contributed by atoms with E-state index in [-0.39, 0.29) is 16.8 Å². The Morgan fingerprint density at radius 1 is 1.54 bits per heavy atom. The minimum atomic E-state index is -0.519. The van der Waals surface area contributed by atoms with Crippen molar-refractivity contribution in [2.45, 2.75) is 18.9 Å². The van der Waals surface area contributed by atoms with Crippen LogP contribution >= 0.6 is 11.6 Å². The molecule has 0 saturated heterocycles. The van der Waals surface area contributed by atoms with Crippen LogP contribution in [0, 0.1) is 5.82 Å². The predicted octanol–water partition coefficient (Wildman–Crippen LogP) is 2.01. The summed E-state index contributed by atoms with van der Waals surface area (Å²) in [7, 11) is 0. The molecule has 4 N–H and O–H groups in total. The highest BCUT2D eigenvalue weighted by atomic mass is 35.5. The average Bonchev–Trinajstić information content (AvgIpc) is 2.45. The molecule has 0 bridgehead atoms. The Morgan fingerprint density at radius 2 is 2.23 bits per heavy atom. The van der Waals surface area contributed by atoms with Crippen LogP contribution in [0.1, 0.15) is 23.6 Å². The van der Waals surface area contributed by atoms with Crippen LogP contribution in [0.5, 0.6) is 0 Å². The van der Waals surface area contributed by atoms with E-state index in [2.05, 4.69) is 0 Å². The summed E-state index contributed by atoms with van der Waals surface area (Å²) in [5.74, 6) is -0.519. The zero-order valence-corrected chi connectivity index (χ0v) is 7.74. The van der Waals surface area contributed by atoms with Gasteiger partial charge in [-0.3, -0.25) is 0 Å². The highest BCUT2D eigenvalue weighted by molar-refractivity contribution is 6.32. The normalized spacial score (nSPS) is 20.4. The monoisotopic (exact) mass is 200 g/mol. The molecule has 0 heterocycles. The molecule has 0 unspecified atom stereocenters. The maximum absolute atomic E-state index is 13.2. The highest BCUT2D eigenvalue weighted by Gasteiger charge is 2.24. The molecule has 0 saturated carbocycles. The molecular weight excluding hydrogens is 191 g/mol. The molecule has 1 aromatic rings. The van der Waals surface area contributed by atoms with E-state index in [1.807, 2.05) is 0 Å². The fourth-order valence-corrected chi connectivity index (χ4v) is 2.06. The Hall–Kier alpha value is -0.800. The second-order valence-electron chi connectivity index (χ2n) is 3.31. The van der Waals surface area contributed by atoms with Gasteiger partial charge in [0.2, 0.25) is 0 Å². The zero-order chi connectivity index (χ0) is 9.59. The van der Waals surface area contributed by atoms with E-state index in [0.29, 0.717) is 0 Å². The Bertz CT molecular complexity index is 365. The van der Waals surface area contributed by atoms with Crippen LogP contribution in [0.2, 0.25) is 5.02 Å². The molecule has 13 heavy (non-hydrogen) atoms. The summed E-state index contributed by atoms with van der Waals surface area (Å²) in [6.07, 6.45) is 1.56. The number of nitrogen functional groups attached to an aromatic ring is 1. The van der Waals surface area contributed by atoms with E-state index >= 15 is 0 Å². The van der Waals surface area contributed by atoms with Gasteiger partial charge in [0.15, 0.2) is 5.82 Å². The van der Waals surface area contributed by atoms with Gasteiger partial charge in [-0.1, -0.05) is 11.6 Å². The molecule has 1 atom stereocenters. The summed E-state index contributed by atoms with van der Waals surface area (Å²) in [5.41, 5.74) is 13.0. The van der Waals surface area contributed by atoms with Gasteiger partial charge in [0.05, 0.1) is 10.7 Å².